The van der Waals surface area contributed by atoms with Crippen molar-refractivity contribution in [3.63, 3.8) is 0 Å². The molecule has 0 saturated carbocycles. The molecule has 0 aromatic heterocycles. The van der Waals surface area contributed by atoms with Crippen molar-refractivity contribution >= 4 is 15.9 Å². The normalized spacial score (nSPS) is 20.8. The van der Waals surface area contributed by atoms with E-state index in [1.54, 1.807) is 19.2 Å². The lowest BCUT2D eigenvalue weighted by molar-refractivity contribution is 0.0262. The fraction of sp³-hybridized carbons (Fsp3) is 0.455. The average molecular weight is 288 g/mol. The van der Waals surface area contributed by atoms with Gasteiger partial charge in [-0.1, -0.05) is 0 Å². The van der Waals surface area contributed by atoms with Crippen molar-refractivity contribution in [1.29, 1.82) is 0 Å². The Kier molecular flexibility index (Phi) is 3.68. The van der Waals surface area contributed by atoms with Crippen LogP contribution in [0.1, 0.15) is 11.7 Å². The standard InChI is InChI=1S/C11H14BrNO3/c1-15-10-4-7(9(14)5-8(10)12)11-6-13-2-3-16-11/h4-5,11,13-14H,2-3,6H2,1H3. The number of hydrogen-bond donors (Lipinski definition) is 2. The summed E-state index contributed by atoms with van der Waals surface area (Å²) >= 11 is 3.32. The van der Waals surface area contributed by atoms with Gasteiger partial charge in [0.25, 0.3) is 0 Å². The number of aromatic hydroxyl groups is 1. The zero-order chi connectivity index (χ0) is 11.5. The Morgan fingerprint density at radius 3 is 3.00 bits per heavy atom. The molecule has 1 aromatic rings. The zero-order valence-electron chi connectivity index (χ0n) is 9.00. The van der Waals surface area contributed by atoms with Crippen molar-refractivity contribution in [3.8, 4) is 11.5 Å². The maximum atomic E-state index is 9.87. The van der Waals surface area contributed by atoms with E-state index in [1.165, 1.54) is 0 Å². The molecule has 1 atom stereocenters. The van der Waals surface area contributed by atoms with Gasteiger partial charge in [0.15, 0.2) is 0 Å². The monoisotopic (exact) mass is 287 g/mol. The highest BCUT2D eigenvalue weighted by Gasteiger charge is 2.20. The number of nitrogens with one attached hydrogen (secondary N) is 1. The molecule has 0 radical (unpaired) electrons. The molecular formula is C11H14BrNO3. The van der Waals surface area contributed by atoms with Gasteiger partial charge in [0.1, 0.15) is 11.5 Å². The van der Waals surface area contributed by atoms with E-state index in [4.69, 9.17) is 9.47 Å². The van der Waals surface area contributed by atoms with Crippen molar-refractivity contribution in [1.82, 2.24) is 5.32 Å². The molecule has 0 amide bonds. The second-order valence-electron chi connectivity index (χ2n) is 3.61. The first-order valence-electron chi connectivity index (χ1n) is 5.11. The largest absolute Gasteiger partial charge is 0.508 e. The minimum atomic E-state index is -0.115. The van der Waals surface area contributed by atoms with Crippen LogP contribution in [0.2, 0.25) is 0 Å². The van der Waals surface area contributed by atoms with Gasteiger partial charge in [0.2, 0.25) is 0 Å². The van der Waals surface area contributed by atoms with Gasteiger partial charge in [-0.2, -0.15) is 0 Å². The third kappa shape index (κ3) is 2.31. The number of hydrogen-bond acceptors (Lipinski definition) is 4. The average Bonchev–Trinajstić information content (AvgIpc) is 2.30. The number of phenolic OH excluding ortho intramolecular Hbond substituents is 1. The van der Waals surface area contributed by atoms with Gasteiger partial charge in [-0.3, -0.25) is 0 Å². The lowest BCUT2D eigenvalue weighted by Crippen LogP contribution is -2.33. The highest BCUT2D eigenvalue weighted by Crippen LogP contribution is 2.36. The minimum Gasteiger partial charge on any atom is -0.508 e. The van der Waals surface area contributed by atoms with Gasteiger partial charge >= 0.3 is 0 Å². The van der Waals surface area contributed by atoms with Gasteiger partial charge in [-0.05, 0) is 28.1 Å². The Balaban J connectivity index is 2.31. The van der Waals surface area contributed by atoms with Crippen LogP contribution in [0.15, 0.2) is 16.6 Å². The molecule has 5 heteroatoms. The van der Waals surface area contributed by atoms with E-state index in [0.717, 1.165) is 16.6 Å². The van der Waals surface area contributed by atoms with Crippen LogP contribution in [0.25, 0.3) is 0 Å². The molecular weight excluding hydrogens is 274 g/mol. The molecule has 2 rings (SSSR count). The van der Waals surface area contributed by atoms with Crippen molar-refractivity contribution in [2.75, 3.05) is 26.8 Å². The minimum absolute atomic E-state index is 0.115. The molecule has 1 aliphatic heterocycles. The summed E-state index contributed by atoms with van der Waals surface area (Å²) in [6, 6.07) is 3.43. The molecule has 1 saturated heterocycles. The van der Waals surface area contributed by atoms with Crippen LogP contribution in [-0.4, -0.2) is 31.9 Å². The summed E-state index contributed by atoms with van der Waals surface area (Å²) in [6.45, 7) is 2.21. The SMILES string of the molecule is COc1cc(C2CNCCO2)c(O)cc1Br. The highest BCUT2D eigenvalue weighted by atomic mass is 79.9. The quantitative estimate of drug-likeness (QED) is 0.871. The molecule has 1 aliphatic rings. The Bertz CT molecular complexity index is 378. The van der Waals surface area contributed by atoms with E-state index in [0.29, 0.717) is 18.9 Å². The Morgan fingerprint density at radius 2 is 2.38 bits per heavy atom. The number of phenols is 1. The van der Waals surface area contributed by atoms with Gasteiger partial charge in [-0.25, -0.2) is 0 Å². The third-order valence-electron chi connectivity index (χ3n) is 2.58. The zero-order valence-corrected chi connectivity index (χ0v) is 10.6. The molecule has 1 aromatic carbocycles. The van der Waals surface area contributed by atoms with E-state index in [-0.39, 0.29) is 11.9 Å². The first-order chi connectivity index (χ1) is 7.72. The van der Waals surface area contributed by atoms with Gasteiger partial charge in [0, 0.05) is 18.7 Å². The smallest absolute Gasteiger partial charge is 0.133 e. The molecule has 0 spiro atoms. The lowest BCUT2D eigenvalue weighted by atomic mass is 10.1. The molecule has 1 unspecified atom stereocenters. The van der Waals surface area contributed by atoms with Crippen molar-refractivity contribution < 1.29 is 14.6 Å². The second-order valence-corrected chi connectivity index (χ2v) is 4.46. The third-order valence-corrected chi connectivity index (χ3v) is 3.20. The molecule has 4 nitrogen and oxygen atoms in total. The number of methoxy groups -OCH3 is 1. The van der Waals surface area contributed by atoms with Gasteiger partial charge < -0.3 is 19.9 Å². The fourth-order valence-electron chi connectivity index (χ4n) is 1.74. The molecule has 0 bridgehead atoms. The van der Waals surface area contributed by atoms with E-state index in [9.17, 15) is 5.11 Å². The molecule has 16 heavy (non-hydrogen) atoms. The molecule has 1 heterocycles. The van der Waals surface area contributed by atoms with Crippen LogP contribution in [0, 0.1) is 0 Å². The summed E-state index contributed by atoms with van der Waals surface area (Å²) in [7, 11) is 1.60. The van der Waals surface area contributed by atoms with Crippen LogP contribution in [0.4, 0.5) is 0 Å². The highest BCUT2D eigenvalue weighted by molar-refractivity contribution is 9.10. The van der Waals surface area contributed by atoms with Crippen LogP contribution in [0.3, 0.4) is 0 Å². The topological polar surface area (TPSA) is 50.7 Å². The van der Waals surface area contributed by atoms with Crippen LogP contribution in [-0.2, 0) is 4.74 Å². The summed E-state index contributed by atoms with van der Waals surface area (Å²) in [5, 5.41) is 13.1. The number of ether oxygens (including phenoxy) is 2. The van der Waals surface area contributed by atoms with Gasteiger partial charge in [-0.15, -0.1) is 0 Å². The second kappa shape index (κ2) is 5.03. The van der Waals surface area contributed by atoms with Gasteiger partial charge in [0.05, 0.1) is 24.3 Å². The maximum Gasteiger partial charge on any atom is 0.133 e. The van der Waals surface area contributed by atoms with Crippen LogP contribution >= 0.6 is 15.9 Å². The van der Waals surface area contributed by atoms with Crippen molar-refractivity contribution in [2.45, 2.75) is 6.10 Å². The maximum absolute atomic E-state index is 9.87. The number of halogens is 1. The molecule has 2 N–H and O–H groups in total. The summed E-state index contributed by atoms with van der Waals surface area (Å²) in [5.74, 6) is 0.920. The number of morpholine rings is 1. The predicted molar refractivity (Wildman–Crippen MR) is 63.9 cm³/mol. The fourth-order valence-corrected chi connectivity index (χ4v) is 2.23. The van der Waals surface area contributed by atoms with Crippen molar-refractivity contribution in [3.05, 3.63) is 22.2 Å². The molecule has 1 fully saturated rings. The summed E-state index contributed by atoms with van der Waals surface area (Å²) in [6.07, 6.45) is -0.115. The molecule has 0 aliphatic carbocycles. The summed E-state index contributed by atoms with van der Waals surface area (Å²) < 4.78 is 11.5. The van der Waals surface area contributed by atoms with E-state index in [1.807, 2.05) is 0 Å². The van der Waals surface area contributed by atoms with Crippen LogP contribution in [0.5, 0.6) is 11.5 Å². The van der Waals surface area contributed by atoms with E-state index in [2.05, 4.69) is 21.2 Å². The Labute approximate surface area is 103 Å². The van der Waals surface area contributed by atoms with Crippen LogP contribution < -0.4 is 10.1 Å². The molecule has 88 valence electrons. The number of benzene rings is 1. The lowest BCUT2D eigenvalue weighted by Gasteiger charge is -2.25. The Hall–Kier alpha value is -0.780. The summed E-state index contributed by atoms with van der Waals surface area (Å²) in [5.41, 5.74) is 0.757. The first-order valence-corrected chi connectivity index (χ1v) is 5.90. The Morgan fingerprint density at radius 1 is 1.56 bits per heavy atom. The first kappa shape index (κ1) is 11.7. The number of rotatable bonds is 2. The van der Waals surface area contributed by atoms with Crippen molar-refractivity contribution in [2.24, 2.45) is 0 Å². The van der Waals surface area contributed by atoms with E-state index >= 15 is 0 Å². The predicted octanol–water partition coefficient (Wildman–Crippen LogP) is 1.82. The summed E-state index contributed by atoms with van der Waals surface area (Å²) in [4.78, 5) is 0. The van der Waals surface area contributed by atoms with E-state index < -0.39 is 0 Å².